The quantitative estimate of drug-likeness (QED) is 0.829. The van der Waals surface area contributed by atoms with Crippen molar-refractivity contribution in [3.8, 4) is 0 Å². The zero-order valence-corrected chi connectivity index (χ0v) is 12.8. The minimum atomic E-state index is -0.911. The Labute approximate surface area is 124 Å². The van der Waals surface area contributed by atoms with Gasteiger partial charge in [-0.2, -0.15) is 11.8 Å². The van der Waals surface area contributed by atoms with Gasteiger partial charge in [-0.3, -0.25) is 4.79 Å². The highest BCUT2D eigenvalue weighted by Gasteiger charge is 2.18. The molecule has 2 aromatic rings. The second-order valence-corrected chi connectivity index (χ2v) is 6.21. The van der Waals surface area contributed by atoms with Gasteiger partial charge in [0.05, 0.1) is 11.3 Å². The molecule has 0 spiro atoms. The summed E-state index contributed by atoms with van der Waals surface area (Å²) in [5, 5.41) is 9.35. The van der Waals surface area contributed by atoms with E-state index in [-0.39, 0.29) is 17.6 Å². The first-order chi connectivity index (χ1) is 9.54. The number of aromatic nitrogens is 2. The van der Waals surface area contributed by atoms with Gasteiger partial charge in [-0.1, -0.05) is 17.8 Å². The van der Waals surface area contributed by atoms with Crippen LogP contribution in [0, 0.1) is 5.82 Å². The smallest absolute Gasteiger partial charge is 0.313 e. The van der Waals surface area contributed by atoms with Crippen LogP contribution in [0.1, 0.15) is 13.0 Å². The molecule has 0 amide bonds. The number of fused-ring (bicyclic) bond motifs is 1. The first-order valence-electron chi connectivity index (χ1n) is 6.04. The van der Waals surface area contributed by atoms with E-state index in [0.29, 0.717) is 16.2 Å². The molecule has 1 unspecified atom stereocenters. The molecule has 7 heteroatoms. The zero-order chi connectivity index (χ0) is 14.7. The lowest BCUT2D eigenvalue weighted by atomic mass is 10.3. The van der Waals surface area contributed by atoms with Gasteiger partial charge >= 0.3 is 5.97 Å². The van der Waals surface area contributed by atoms with Gasteiger partial charge in [0.25, 0.3) is 0 Å². The number of nitrogens with zero attached hydrogens (tertiary/aromatic N) is 2. The second kappa shape index (κ2) is 6.49. The fourth-order valence-electron chi connectivity index (χ4n) is 2.03. The molecule has 0 aliphatic carbocycles. The average molecular weight is 314 g/mol. The molecule has 0 saturated carbocycles. The summed E-state index contributed by atoms with van der Waals surface area (Å²) >= 11 is 2.81. The van der Waals surface area contributed by atoms with Crippen molar-refractivity contribution in [3.63, 3.8) is 0 Å². The predicted octanol–water partition coefficient (Wildman–Crippen LogP) is 3.28. The number of thioether (sulfide) groups is 2. The second-order valence-electron chi connectivity index (χ2n) is 4.36. The van der Waals surface area contributed by atoms with Crippen LogP contribution < -0.4 is 0 Å². The molecule has 4 nitrogen and oxygen atoms in total. The van der Waals surface area contributed by atoms with Crippen LogP contribution >= 0.6 is 23.5 Å². The monoisotopic (exact) mass is 314 g/mol. The normalized spacial score (nSPS) is 12.8. The van der Waals surface area contributed by atoms with Crippen LogP contribution in [0.3, 0.4) is 0 Å². The fourth-order valence-corrected chi connectivity index (χ4v) is 3.49. The average Bonchev–Trinajstić information content (AvgIpc) is 2.76. The number of aliphatic carboxylic acids is 1. The highest BCUT2D eigenvalue weighted by molar-refractivity contribution is 7.99. The van der Waals surface area contributed by atoms with Crippen molar-refractivity contribution in [2.24, 2.45) is 0 Å². The Morgan fingerprint density at radius 3 is 2.95 bits per heavy atom. The lowest BCUT2D eigenvalue weighted by Gasteiger charge is -2.15. The van der Waals surface area contributed by atoms with E-state index in [1.54, 1.807) is 17.8 Å². The molecule has 0 bridgehead atoms. The van der Waals surface area contributed by atoms with E-state index in [1.807, 2.05) is 23.8 Å². The fraction of sp³-hybridized carbons (Fsp3) is 0.385. The Kier molecular flexibility index (Phi) is 4.93. The molecule has 0 aliphatic heterocycles. The van der Waals surface area contributed by atoms with E-state index in [4.69, 9.17) is 5.11 Å². The zero-order valence-electron chi connectivity index (χ0n) is 11.2. The molecule has 0 radical (unpaired) electrons. The van der Waals surface area contributed by atoms with Crippen molar-refractivity contribution in [2.45, 2.75) is 18.1 Å². The van der Waals surface area contributed by atoms with E-state index >= 15 is 0 Å². The van der Waals surface area contributed by atoms with Crippen molar-refractivity contribution < 1.29 is 14.3 Å². The molecule has 1 atom stereocenters. The van der Waals surface area contributed by atoms with Gasteiger partial charge in [0.2, 0.25) is 0 Å². The molecule has 20 heavy (non-hydrogen) atoms. The van der Waals surface area contributed by atoms with Crippen LogP contribution in [0.25, 0.3) is 11.0 Å². The van der Waals surface area contributed by atoms with Crippen LogP contribution in [0.4, 0.5) is 4.39 Å². The number of halogens is 1. The van der Waals surface area contributed by atoms with E-state index in [0.717, 1.165) is 17.5 Å². The standard InChI is InChI=1S/C13H15FN2O2S2/c1-8(6-19-2)16-10-5-3-4-9(14)12(10)15-13(16)20-7-11(17)18/h3-5,8H,6-7H2,1-2H3,(H,17,18). The van der Waals surface area contributed by atoms with Crippen molar-refractivity contribution in [1.29, 1.82) is 0 Å². The van der Waals surface area contributed by atoms with E-state index < -0.39 is 5.97 Å². The summed E-state index contributed by atoms with van der Waals surface area (Å²) in [7, 11) is 0. The molecular formula is C13H15FN2O2S2. The molecular weight excluding hydrogens is 299 g/mol. The number of imidazole rings is 1. The summed E-state index contributed by atoms with van der Waals surface area (Å²) in [6.07, 6.45) is 2.00. The van der Waals surface area contributed by atoms with Gasteiger partial charge < -0.3 is 9.67 Å². The first-order valence-corrected chi connectivity index (χ1v) is 8.42. The number of carbonyl (C=O) groups is 1. The van der Waals surface area contributed by atoms with E-state index in [2.05, 4.69) is 4.98 Å². The van der Waals surface area contributed by atoms with Crippen molar-refractivity contribution >= 4 is 40.5 Å². The third-order valence-electron chi connectivity index (χ3n) is 2.81. The number of rotatable bonds is 6. The van der Waals surface area contributed by atoms with Crippen LogP contribution in [0.15, 0.2) is 23.4 Å². The van der Waals surface area contributed by atoms with Crippen LogP contribution in [-0.4, -0.2) is 38.4 Å². The maximum Gasteiger partial charge on any atom is 0.313 e. The summed E-state index contributed by atoms with van der Waals surface area (Å²) < 4.78 is 15.7. The number of carboxylic acids is 1. The number of benzene rings is 1. The lowest BCUT2D eigenvalue weighted by molar-refractivity contribution is -0.133. The Balaban J connectivity index is 2.50. The molecule has 1 aromatic carbocycles. The maximum atomic E-state index is 13.8. The molecule has 1 N–H and O–H groups in total. The predicted molar refractivity (Wildman–Crippen MR) is 81.1 cm³/mol. The van der Waals surface area contributed by atoms with E-state index in [9.17, 15) is 9.18 Å². The van der Waals surface area contributed by atoms with Crippen LogP contribution in [0.2, 0.25) is 0 Å². The van der Waals surface area contributed by atoms with Crippen molar-refractivity contribution in [1.82, 2.24) is 9.55 Å². The van der Waals surface area contributed by atoms with Gasteiger partial charge in [0.1, 0.15) is 5.52 Å². The van der Waals surface area contributed by atoms with Crippen molar-refractivity contribution in [3.05, 3.63) is 24.0 Å². The number of hydrogen-bond donors (Lipinski definition) is 1. The summed E-state index contributed by atoms with van der Waals surface area (Å²) in [4.78, 5) is 15.0. The summed E-state index contributed by atoms with van der Waals surface area (Å²) in [6.45, 7) is 2.02. The molecule has 1 aromatic heterocycles. The first kappa shape index (κ1) is 15.2. The summed E-state index contributed by atoms with van der Waals surface area (Å²) in [6, 6.07) is 4.94. The molecule has 0 aliphatic rings. The van der Waals surface area contributed by atoms with Gasteiger partial charge in [0.15, 0.2) is 11.0 Å². The van der Waals surface area contributed by atoms with Gasteiger partial charge in [-0.25, -0.2) is 9.37 Å². The van der Waals surface area contributed by atoms with Crippen LogP contribution in [-0.2, 0) is 4.79 Å². The van der Waals surface area contributed by atoms with Gasteiger partial charge in [0, 0.05) is 11.8 Å². The molecule has 0 saturated heterocycles. The Morgan fingerprint density at radius 2 is 2.30 bits per heavy atom. The molecule has 0 fully saturated rings. The van der Waals surface area contributed by atoms with Gasteiger partial charge in [-0.15, -0.1) is 0 Å². The molecule has 2 rings (SSSR count). The Morgan fingerprint density at radius 1 is 1.55 bits per heavy atom. The Hall–Kier alpha value is -1.21. The van der Waals surface area contributed by atoms with E-state index in [1.165, 1.54) is 6.07 Å². The number of carboxylic acid groups (broad SMARTS) is 1. The maximum absolute atomic E-state index is 13.8. The molecule has 1 heterocycles. The summed E-state index contributed by atoms with van der Waals surface area (Å²) in [5.74, 6) is -0.527. The third-order valence-corrected chi connectivity index (χ3v) is 4.57. The third kappa shape index (κ3) is 3.09. The highest BCUT2D eigenvalue weighted by Crippen LogP contribution is 2.30. The summed E-state index contributed by atoms with van der Waals surface area (Å²) in [5.41, 5.74) is 1.01. The molecule has 108 valence electrons. The largest absolute Gasteiger partial charge is 0.481 e. The highest BCUT2D eigenvalue weighted by atomic mass is 32.2. The van der Waals surface area contributed by atoms with Crippen LogP contribution in [0.5, 0.6) is 0 Å². The van der Waals surface area contributed by atoms with Gasteiger partial charge in [-0.05, 0) is 25.3 Å². The number of para-hydroxylation sites is 1. The topological polar surface area (TPSA) is 55.1 Å². The lowest BCUT2D eigenvalue weighted by Crippen LogP contribution is -2.10. The minimum Gasteiger partial charge on any atom is -0.481 e. The number of hydrogen-bond acceptors (Lipinski definition) is 4. The van der Waals surface area contributed by atoms with Crippen molar-refractivity contribution in [2.75, 3.05) is 17.8 Å². The SMILES string of the molecule is CSCC(C)n1c(SCC(=O)O)nc2c(F)cccc21. The Bertz CT molecular complexity index is 630. The minimum absolute atomic E-state index is 0.0864.